The van der Waals surface area contributed by atoms with E-state index >= 15 is 0 Å². The summed E-state index contributed by atoms with van der Waals surface area (Å²) in [6, 6.07) is 5.25. The first kappa shape index (κ1) is 12.8. The number of nitrogens with zero attached hydrogens (tertiary/aromatic N) is 2. The van der Waals surface area contributed by atoms with E-state index in [4.69, 9.17) is 0 Å². The van der Waals surface area contributed by atoms with Crippen molar-refractivity contribution in [3.05, 3.63) is 40.1 Å². The Morgan fingerprint density at radius 3 is 2.72 bits per heavy atom. The largest absolute Gasteiger partial charge is 0.478 e. The number of benzene rings is 1. The summed E-state index contributed by atoms with van der Waals surface area (Å²) in [6.45, 7) is 4.72. The minimum Gasteiger partial charge on any atom is -0.478 e. The maximum absolute atomic E-state index is 11.3. The molecule has 0 saturated heterocycles. The van der Waals surface area contributed by atoms with Gasteiger partial charge in [0.2, 0.25) is 0 Å². The van der Waals surface area contributed by atoms with E-state index < -0.39 is 5.97 Å². The number of aromatic carboxylic acids is 1. The predicted octanol–water partition coefficient (Wildman–Crippen LogP) is 3.34. The first-order chi connectivity index (χ1) is 8.54. The van der Waals surface area contributed by atoms with Crippen LogP contribution in [0, 0.1) is 6.92 Å². The van der Waals surface area contributed by atoms with Crippen molar-refractivity contribution in [2.24, 2.45) is 0 Å². The van der Waals surface area contributed by atoms with Crippen molar-refractivity contribution in [1.82, 2.24) is 9.78 Å². The van der Waals surface area contributed by atoms with Crippen LogP contribution < -0.4 is 0 Å². The Hall–Kier alpha value is -1.62. The maximum Gasteiger partial charge on any atom is 0.336 e. The number of aryl methyl sites for hydroxylation is 1. The lowest BCUT2D eigenvalue weighted by atomic mass is 10.0. The second kappa shape index (κ2) is 4.94. The number of rotatable bonds is 3. The molecule has 94 valence electrons. The van der Waals surface area contributed by atoms with Gasteiger partial charge in [-0.2, -0.15) is 5.10 Å². The molecule has 0 aliphatic carbocycles. The van der Waals surface area contributed by atoms with E-state index in [2.05, 4.69) is 21.0 Å². The molecule has 4 nitrogen and oxygen atoms in total. The van der Waals surface area contributed by atoms with Crippen LogP contribution >= 0.6 is 15.9 Å². The van der Waals surface area contributed by atoms with Crippen molar-refractivity contribution < 1.29 is 9.90 Å². The van der Waals surface area contributed by atoms with Gasteiger partial charge in [0.25, 0.3) is 0 Å². The van der Waals surface area contributed by atoms with Crippen LogP contribution in [0.15, 0.2) is 28.9 Å². The second-order valence-electron chi connectivity index (χ2n) is 3.95. The topological polar surface area (TPSA) is 55.1 Å². The first-order valence-electron chi connectivity index (χ1n) is 5.60. The van der Waals surface area contributed by atoms with Gasteiger partial charge in [-0.25, -0.2) is 4.79 Å². The lowest BCUT2D eigenvalue weighted by Crippen LogP contribution is -2.01. The molecule has 2 rings (SSSR count). The molecule has 0 spiro atoms. The molecule has 0 unspecified atom stereocenters. The Morgan fingerprint density at radius 1 is 1.44 bits per heavy atom. The normalized spacial score (nSPS) is 10.6. The highest BCUT2D eigenvalue weighted by Crippen LogP contribution is 2.29. The zero-order chi connectivity index (χ0) is 13.3. The summed E-state index contributed by atoms with van der Waals surface area (Å²) < 4.78 is 2.60. The molecular weight excluding hydrogens is 296 g/mol. The lowest BCUT2D eigenvalue weighted by molar-refractivity contribution is 0.0697. The minimum atomic E-state index is -0.935. The third-order valence-corrected chi connectivity index (χ3v) is 3.40. The summed E-state index contributed by atoms with van der Waals surface area (Å²) in [5.74, 6) is -0.935. The zero-order valence-corrected chi connectivity index (χ0v) is 11.7. The van der Waals surface area contributed by atoms with Gasteiger partial charge in [-0.3, -0.25) is 4.68 Å². The van der Waals surface area contributed by atoms with Gasteiger partial charge >= 0.3 is 5.97 Å². The van der Waals surface area contributed by atoms with Crippen LogP contribution in [0.25, 0.3) is 11.1 Å². The van der Waals surface area contributed by atoms with Crippen LogP contribution in [-0.4, -0.2) is 20.9 Å². The first-order valence-corrected chi connectivity index (χ1v) is 6.39. The fourth-order valence-corrected chi connectivity index (χ4v) is 2.32. The molecule has 2 aromatic rings. The van der Waals surface area contributed by atoms with E-state index in [1.54, 1.807) is 18.3 Å². The molecule has 0 radical (unpaired) electrons. The molecule has 0 aliphatic rings. The predicted molar refractivity (Wildman–Crippen MR) is 72.7 cm³/mol. The summed E-state index contributed by atoms with van der Waals surface area (Å²) in [7, 11) is 0. The average molecular weight is 309 g/mol. The highest BCUT2D eigenvalue weighted by atomic mass is 79.9. The van der Waals surface area contributed by atoms with E-state index in [9.17, 15) is 9.90 Å². The van der Waals surface area contributed by atoms with E-state index in [-0.39, 0.29) is 5.56 Å². The zero-order valence-electron chi connectivity index (χ0n) is 10.1. The van der Waals surface area contributed by atoms with Crippen molar-refractivity contribution in [3.63, 3.8) is 0 Å². The molecule has 1 heterocycles. The number of carboxylic acid groups (broad SMARTS) is 1. The van der Waals surface area contributed by atoms with Crippen LogP contribution in [-0.2, 0) is 6.54 Å². The summed E-state index contributed by atoms with van der Waals surface area (Å²) in [4.78, 5) is 11.3. The number of hydrogen-bond donors (Lipinski definition) is 1. The number of aromatic nitrogens is 2. The number of halogens is 1. The Bertz CT molecular complexity index is 605. The standard InChI is InChI=1S/C13H13BrN2O2/c1-3-16-8(2)12(7-15-16)10-5-4-9(14)6-11(10)13(17)18/h4-7H,3H2,1-2H3,(H,17,18). The van der Waals surface area contributed by atoms with E-state index in [0.717, 1.165) is 22.3 Å². The lowest BCUT2D eigenvalue weighted by Gasteiger charge is -2.07. The van der Waals surface area contributed by atoms with Crippen LogP contribution in [0.1, 0.15) is 23.0 Å². The summed E-state index contributed by atoms with van der Waals surface area (Å²) >= 11 is 3.29. The Labute approximate surface area is 113 Å². The SMILES string of the molecule is CCn1ncc(-c2ccc(Br)cc2C(=O)O)c1C. The summed E-state index contributed by atoms with van der Waals surface area (Å²) in [6.07, 6.45) is 1.72. The Morgan fingerprint density at radius 2 is 2.17 bits per heavy atom. The van der Waals surface area contributed by atoms with Crippen molar-refractivity contribution in [2.45, 2.75) is 20.4 Å². The minimum absolute atomic E-state index is 0.281. The molecule has 0 bridgehead atoms. The summed E-state index contributed by atoms with van der Waals surface area (Å²) in [5, 5.41) is 13.5. The number of carboxylic acids is 1. The van der Waals surface area contributed by atoms with E-state index in [1.807, 2.05) is 24.6 Å². The Kier molecular flexibility index (Phi) is 3.52. The van der Waals surface area contributed by atoms with Crippen LogP contribution in [0.4, 0.5) is 0 Å². The van der Waals surface area contributed by atoms with Gasteiger partial charge < -0.3 is 5.11 Å². The number of carbonyl (C=O) groups is 1. The van der Waals surface area contributed by atoms with Gasteiger partial charge in [-0.15, -0.1) is 0 Å². The van der Waals surface area contributed by atoms with E-state index in [1.165, 1.54) is 0 Å². The van der Waals surface area contributed by atoms with Gasteiger partial charge in [0.15, 0.2) is 0 Å². The molecular formula is C13H13BrN2O2. The molecule has 0 aliphatic heterocycles. The average Bonchev–Trinajstić information content (AvgIpc) is 2.70. The molecule has 1 aromatic carbocycles. The third kappa shape index (κ3) is 2.18. The monoisotopic (exact) mass is 308 g/mol. The highest BCUT2D eigenvalue weighted by molar-refractivity contribution is 9.10. The second-order valence-corrected chi connectivity index (χ2v) is 4.87. The molecule has 0 amide bonds. The van der Waals surface area contributed by atoms with Gasteiger partial charge in [0, 0.05) is 22.3 Å². The highest BCUT2D eigenvalue weighted by Gasteiger charge is 2.16. The van der Waals surface area contributed by atoms with Crippen molar-refractivity contribution in [3.8, 4) is 11.1 Å². The van der Waals surface area contributed by atoms with Gasteiger partial charge in [-0.05, 0) is 31.5 Å². The molecule has 0 saturated carbocycles. The van der Waals surface area contributed by atoms with Crippen molar-refractivity contribution in [1.29, 1.82) is 0 Å². The van der Waals surface area contributed by atoms with Gasteiger partial charge in [-0.1, -0.05) is 22.0 Å². The van der Waals surface area contributed by atoms with E-state index in [0.29, 0.717) is 5.56 Å². The van der Waals surface area contributed by atoms with Crippen LogP contribution in [0.3, 0.4) is 0 Å². The van der Waals surface area contributed by atoms with Crippen LogP contribution in [0.2, 0.25) is 0 Å². The smallest absolute Gasteiger partial charge is 0.336 e. The molecule has 1 aromatic heterocycles. The van der Waals surface area contributed by atoms with Crippen molar-refractivity contribution >= 4 is 21.9 Å². The summed E-state index contributed by atoms with van der Waals surface area (Å²) in [5.41, 5.74) is 2.81. The fourth-order valence-electron chi connectivity index (χ4n) is 1.96. The van der Waals surface area contributed by atoms with Gasteiger partial charge in [0.05, 0.1) is 11.8 Å². The van der Waals surface area contributed by atoms with Crippen LogP contribution in [0.5, 0.6) is 0 Å². The van der Waals surface area contributed by atoms with Crippen molar-refractivity contribution in [2.75, 3.05) is 0 Å². The molecule has 0 atom stereocenters. The maximum atomic E-state index is 11.3. The number of hydrogen-bond acceptors (Lipinski definition) is 2. The van der Waals surface area contributed by atoms with Gasteiger partial charge in [0.1, 0.15) is 0 Å². The molecule has 1 N–H and O–H groups in total. The molecule has 18 heavy (non-hydrogen) atoms. The Balaban J connectivity index is 2.63. The third-order valence-electron chi connectivity index (χ3n) is 2.90. The molecule has 5 heteroatoms. The molecule has 0 fully saturated rings. The quantitative estimate of drug-likeness (QED) is 0.946. The fraction of sp³-hybridized carbons (Fsp3) is 0.231.